The fraction of sp³-hybridized carbons (Fsp3) is 0.467. The summed E-state index contributed by atoms with van der Waals surface area (Å²) in [6, 6.07) is 7.55. The van der Waals surface area contributed by atoms with E-state index in [1.165, 1.54) is 7.11 Å². The number of ether oxygens (including phenoxy) is 2. The molecule has 20 heavy (non-hydrogen) atoms. The van der Waals surface area contributed by atoms with Gasteiger partial charge < -0.3 is 14.4 Å². The van der Waals surface area contributed by atoms with Gasteiger partial charge >= 0.3 is 5.97 Å². The average molecular weight is 277 g/mol. The van der Waals surface area contributed by atoms with Crippen LogP contribution in [-0.2, 0) is 20.9 Å². The molecule has 1 aliphatic heterocycles. The van der Waals surface area contributed by atoms with Crippen LogP contribution in [0.2, 0.25) is 0 Å². The van der Waals surface area contributed by atoms with Crippen molar-refractivity contribution in [1.82, 2.24) is 4.90 Å². The van der Waals surface area contributed by atoms with Gasteiger partial charge in [-0.2, -0.15) is 0 Å². The van der Waals surface area contributed by atoms with Gasteiger partial charge in [0.15, 0.2) is 0 Å². The SMILES string of the molecule is COC(=O)C1(C)CC(=O)N(Cc2ccc(OC)cc2)C1. The second-order valence-electron chi connectivity index (χ2n) is 5.33. The monoisotopic (exact) mass is 277 g/mol. The summed E-state index contributed by atoms with van der Waals surface area (Å²) >= 11 is 0. The van der Waals surface area contributed by atoms with E-state index in [1.54, 1.807) is 18.9 Å². The van der Waals surface area contributed by atoms with Crippen LogP contribution in [0.5, 0.6) is 5.75 Å². The largest absolute Gasteiger partial charge is 0.497 e. The standard InChI is InChI=1S/C15H19NO4/c1-15(14(18)20-3)8-13(17)16(10-15)9-11-4-6-12(19-2)7-5-11/h4-7H,8-10H2,1-3H3. The predicted molar refractivity (Wildman–Crippen MR) is 73.2 cm³/mol. The zero-order valence-electron chi connectivity index (χ0n) is 12.0. The molecule has 0 spiro atoms. The molecule has 1 heterocycles. The van der Waals surface area contributed by atoms with Crippen LogP contribution < -0.4 is 4.74 Å². The Bertz CT molecular complexity index is 511. The Morgan fingerprint density at radius 3 is 2.50 bits per heavy atom. The zero-order chi connectivity index (χ0) is 14.8. The number of likely N-dealkylation sites (tertiary alicyclic amines) is 1. The van der Waals surface area contributed by atoms with Gasteiger partial charge in [0.25, 0.3) is 0 Å². The van der Waals surface area contributed by atoms with Gasteiger partial charge in [0, 0.05) is 19.5 Å². The van der Waals surface area contributed by atoms with Crippen LogP contribution in [0.25, 0.3) is 0 Å². The van der Waals surface area contributed by atoms with Gasteiger partial charge in [0.2, 0.25) is 5.91 Å². The summed E-state index contributed by atoms with van der Waals surface area (Å²) in [6.07, 6.45) is 0.204. The molecule has 2 rings (SSSR count). The smallest absolute Gasteiger partial charge is 0.313 e. The summed E-state index contributed by atoms with van der Waals surface area (Å²) in [7, 11) is 2.96. The Hall–Kier alpha value is -2.04. The molecular weight excluding hydrogens is 258 g/mol. The van der Waals surface area contributed by atoms with Crippen molar-refractivity contribution in [2.75, 3.05) is 20.8 Å². The number of nitrogens with zero attached hydrogens (tertiary/aromatic N) is 1. The molecule has 1 aromatic rings. The second kappa shape index (κ2) is 5.53. The number of hydrogen-bond donors (Lipinski definition) is 0. The summed E-state index contributed by atoms with van der Waals surface area (Å²) in [4.78, 5) is 25.5. The summed E-state index contributed by atoms with van der Waals surface area (Å²) in [6.45, 7) is 2.66. The van der Waals surface area contributed by atoms with E-state index in [0.29, 0.717) is 13.1 Å². The molecule has 0 bridgehead atoms. The van der Waals surface area contributed by atoms with Crippen LogP contribution >= 0.6 is 0 Å². The minimum Gasteiger partial charge on any atom is -0.497 e. The molecule has 0 N–H and O–H groups in total. The van der Waals surface area contributed by atoms with E-state index in [1.807, 2.05) is 24.3 Å². The van der Waals surface area contributed by atoms with Crippen molar-refractivity contribution in [2.24, 2.45) is 5.41 Å². The third-order valence-corrected chi connectivity index (χ3v) is 3.64. The van der Waals surface area contributed by atoms with Crippen molar-refractivity contribution in [2.45, 2.75) is 19.9 Å². The Labute approximate surface area is 118 Å². The second-order valence-corrected chi connectivity index (χ2v) is 5.33. The highest BCUT2D eigenvalue weighted by atomic mass is 16.5. The minimum atomic E-state index is -0.738. The third-order valence-electron chi connectivity index (χ3n) is 3.64. The summed E-state index contributed by atoms with van der Waals surface area (Å²) in [5.74, 6) is 0.428. The Morgan fingerprint density at radius 2 is 1.95 bits per heavy atom. The molecule has 1 unspecified atom stereocenters. The van der Waals surface area contributed by atoms with E-state index < -0.39 is 5.41 Å². The molecule has 5 nitrogen and oxygen atoms in total. The van der Waals surface area contributed by atoms with E-state index >= 15 is 0 Å². The highest BCUT2D eigenvalue weighted by molar-refractivity contribution is 5.89. The molecule has 1 aliphatic rings. The number of carbonyl (C=O) groups is 2. The van der Waals surface area contributed by atoms with Crippen LogP contribution in [0.15, 0.2) is 24.3 Å². The molecule has 1 fully saturated rings. The molecule has 108 valence electrons. The van der Waals surface area contributed by atoms with Crippen LogP contribution in [0.1, 0.15) is 18.9 Å². The molecule has 0 aliphatic carbocycles. The van der Waals surface area contributed by atoms with Crippen molar-refractivity contribution in [3.05, 3.63) is 29.8 Å². The highest BCUT2D eigenvalue weighted by Gasteiger charge is 2.45. The lowest BCUT2D eigenvalue weighted by Gasteiger charge is -2.21. The molecule has 0 radical (unpaired) electrons. The van der Waals surface area contributed by atoms with Crippen LogP contribution in [0.3, 0.4) is 0 Å². The lowest BCUT2D eigenvalue weighted by atomic mass is 9.90. The van der Waals surface area contributed by atoms with Gasteiger partial charge in [-0.25, -0.2) is 0 Å². The van der Waals surface area contributed by atoms with Gasteiger partial charge in [-0.3, -0.25) is 9.59 Å². The topological polar surface area (TPSA) is 55.8 Å². The van der Waals surface area contributed by atoms with Gasteiger partial charge in [0.1, 0.15) is 5.75 Å². The molecule has 0 saturated carbocycles. The molecule has 1 saturated heterocycles. The van der Waals surface area contributed by atoms with Crippen molar-refractivity contribution < 1.29 is 19.1 Å². The summed E-state index contributed by atoms with van der Waals surface area (Å²) in [5, 5.41) is 0. The number of carbonyl (C=O) groups excluding carboxylic acids is 2. The van der Waals surface area contributed by atoms with Gasteiger partial charge in [-0.05, 0) is 24.6 Å². The number of rotatable bonds is 4. The van der Waals surface area contributed by atoms with Crippen LogP contribution in [0.4, 0.5) is 0 Å². The maximum Gasteiger partial charge on any atom is 0.313 e. The first-order valence-corrected chi connectivity index (χ1v) is 6.47. The number of benzene rings is 1. The van der Waals surface area contributed by atoms with Gasteiger partial charge in [-0.15, -0.1) is 0 Å². The Morgan fingerprint density at radius 1 is 1.30 bits per heavy atom. The number of amides is 1. The zero-order valence-corrected chi connectivity index (χ0v) is 12.0. The Kier molecular flexibility index (Phi) is 3.97. The van der Waals surface area contributed by atoms with Crippen molar-refractivity contribution in [3.63, 3.8) is 0 Å². The van der Waals surface area contributed by atoms with E-state index in [9.17, 15) is 9.59 Å². The fourth-order valence-corrected chi connectivity index (χ4v) is 2.49. The lowest BCUT2D eigenvalue weighted by molar-refractivity contribution is -0.151. The molecule has 0 aromatic heterocycles. The third kappa shape index (κ3) is 2.76. The molecule has 5 heteroatoms. The van der Waals surface area contributed by atoms with Crippen LogP contribution in [0, 0.1) is 5.41 Å². The first-order valence-electron chi connectivity index (χ1n) is 6.47. The maximum absolute atomic E-state index is 12.0. The first-order chi connectivity index (χ1) is 9.48. The van der Waals surface area contributed by atoms with Crippen molar-refractivity contribution in [3.8, 4) is 5.75 Å². The molecule has 1 aromatic carbocycles. The van der Waals surface area contributed by atoms with E-state index in [2.05, 4.69) is 0 Å². The fourth-order valence-electron chi connectivity index (χ4n) is 2.49. The molecule has 1 amide bonds. The predicted octanol–water partition coefficient (Wildman–Crippen LogP) is 1.61. The summed E-state index contributed by atoms with van der Waals surface area (Å²) < 4.78 is 9.88. The number of methoxy groups -OCH3 is 2. The van der Waals surface area contributed by atoms with E-state index in [0.717, 1.165) is 11.3 Å². The minimum absolute atomic E-state index is 0.0197. The molecular formula is C15H19NO4. The maximum atomic E-state index is 12.0. The average Bonchev–Trinajstić information content (AvgIpc) is 2.74. The Balaban J connectivity index is 2.06. The van der Waals surface area contributed by atoms with Crippen molar-refractivity contribution in [1.29, 1.82) is 0 Å². The van der Waals surface area contributed by atoms with Gasteiger partial charge in [-0.1, -0.05) is 12.1 Å². The summed E-state index contributed by atoms with van der Waals surface area (Å²) in [5.41, 5.74) is 0.270. The number of hydrogen-bond acceptors (Lipinski definition) is 4. The number of esters is 1. The first kappa shape index (κ1) is 14.4. The van der Waals surface area contributed by atoms with Crippen molar-refractivity contribution >= 4 is 11.9 Å². The molecule has 1 atom stereocenters. The normalized spacial score (nSPS) is 21.9. The van der Waals surface area contributed by atoms with Gasteiger partial charge in [0.05, 0.1) is 19.6 Å². The van der Waals surface area contributed by atoms with Crippen LogP contribution in [-0.4, -0.2) is 37.5 Å². The highest BCUT2D eigenvalue weighted by Crippen LogP contribution is 2.33. The quantitative estimate of drug-likeness (QED) is 0.785. The van der Waals surface area contributed by atoms with E-state index in [4.69, 9.17) is 9.47 Å². The van der Waals surface area contributed by atoms with E-state index in [-0.39, 0.29) is 18.3 Å². The lowest BCUT2D eigenvalue weighted by Crippen LogP contribution is -2.33.